The Hall–Kier alpha value is -2.40. The first-order chi connectivity index (χ1) is 11.2. The van der Waals surface area contributed by atoms with Crippen LogP contribution in [0.5, 0.6) is 17.2 Å². The van der Waals surface area contributed by atoms with Crippen LogP contribution in [0.1, 0.15) is 20.8 Å². The van der Waals surface area contributed by atoms with Crippen LogP contribution in [0.15, 0.2) is 42.5 Å². The van der Waals surface area contributed by atoms with Crippen molar-refractivity contribution in [2.45, 2.75) is 26.3 Å². The summed E-state index contributed by atoms with van der Waals surface area (Å²) in [6.07, 6.45) is 0. The third-order valence-electron chi connectivity index (χ3n) is 2.87. The monoisotopic (exact) mass is 348 g/mol. The third-order valence-corrected chi connectivity index (χ3v) is 3.17. The molecule has 0 aliphatic carbocycles. The van der Waals surface area contributed by atoms with E-state index in [1.165, 1.54) is 0 Å². The number of nitrogens with one attached hydrogen (secondary N) is 1. The summed E-state index contributed by atoms with van der Waals surface area (Å²) in [5, 5.41) is 3.25. The van der Waals surface area contributed by atoms with Gasteiger partial charge in [0, 0.05) is 17.3 Å². The second-order valence-corrected chi connectivity index (χ2v) is 6.76. The van der Waals surface area contributed by atoms with E-state index in [4.69, 9.17) is 26.8 Å². The van der Waals surface area contributed by atoms with Gasteiger partial charge in [0.05, 0.1) is 5.02 Å². The Bertz CT molecular complexity index is 726. The Balaban J connectivity index is 2.00. The molecule has 0 fully saturated rings. The summed E-state index contributed by atoms with van der Waals surface area (Å²) in [5.41, 5.74) is 5.93. The van der Waals surface area contributed by atoms with Gasteiger partial charge in [-0.05, 0) is 51.1 Å². The largest absolute Gasteiger partial charge is 0.484 e. The zero-order valence-corrected chi connectivity index (χ0v) is 14.7. The zero-order chi connectivity index (χ0) is 17.7. The van der Waals surface area contributed by atoms with Crippen molar-refractivity contribution in [1.29, 1.82) is 0 Å². The van der Waals surface area contributed by atoms with Gasteiger partial charge in [-0.2, -0.15) is 0 Å². The lowest BCUT2D eigenvalue weighted by Gasteiger charge is -2.20. The molecule has 2 aromatic carbocycles. The number of nitrogens with two attached hydrogens (primary N) is 1. The molecule has 0 aliphatic heterocycles. The Labute approximate surface area is 146 Å². The lowest BCUT2D eigenvalue weighted by Crippen LogP contribution is -2.43. The zero-order valence-electron chi connectivity index (χ0n) is 13.9. The smallest absolute Gasteiger partial charge is 0.258 e. The van der Waals surface area contributed by atoms with Gasteiger partial charge in [-0.15, -0.1) is 0 Å². The van der Waals surface area contributed by atoms with E-state index in [9.17, 15) is 4.79 Å². The van der Waals surface area contributed by atoms with Crippen LogP contribution in [0.2, 0.25) is 5.02 Å². The predicted octanol–water partition coefficient (Wildman–Crippen LogP) is 4.01. The first kappa shape index (κ1) is 17.9. The highest BCUT2D eigenvalue weighted by Crippen LogP contribution is 2.32. The molecule has 128 valence electrons. The van der Waals surface area contributed by atoms with Gasteiger partial charge < -0.3 is 20.5 Å². The summed E-state index contributed by atoms with van der Waals surface area (Å²) in [6.45, 7) is 5.67. The summed E-state index contributed by atoms with van der Waals surface area (Å²) in [7, 11) is 0. The summed E-state index contributed by atoms with van der Waals surface area (Å²) in [6, 6.07) is 12.0. The summed E-state index contributed by atoms with van der Waals surface area (Å²) >= 11 is 6.09. The highest BCUT2D eigenvalue weighted by molar-refractivity contribution is 6.32. The molecule has 0 radical (unpaired) electrons. The molecule has 0 heterocycles. The summed E-state index contributed by atoms with van der Waals surface area (Å²) < 4.78 is 11.2. The number of halogens is 1. The number of ether oxygens (including phenoxy) is 2. The van der Waals surface area contributed by atoms with Gasteiger partial charge in [0.2, 0.25) is 0 Å². The van der Waals surface area contributed by atoms with Gasteiger partial charge in [0.15, 0.2) is 6.61 Å². The van der Waals surface area contributed by atoms with Gasteiger partial charge >= 0.3 is 0 Å². The molecule has 2 aromatic rings. The minimum Gasteiger partial charge on any atom is -0.484 e. The van der Waals surface area contributed by atoms with Gasteiger partial charge in [-0.25, -0.2) is 0 Å². The number of hydrogen-bond acceptors (Lipinski definition) is 4. The van der Waals surface area contributed by atoms with E-state index in [1.54, 1.807) is 42.5 Å². The van der Waals surface area contributed by atoms with Crippen LogP contribution in [-0.2, 0) is 4.79 Å². The summed E-state index contributed by atoms with van der Waals surface area (Å²) in [5.74, 6) is 1.39. The van der Waals surface area contributed by atoms with Crippen molar-refractivity contribution in [3.8, 4) is 17.2 Å². The minimum atomic E-state index is -0.294. The number of carbonyl (C=O) groups excluding carboxylic acids is 1. The Morgan fingerprint density at radius 1 is 1.17 bits per heavy atom. The van der Waals surface area contributed by atoms with E-state index >= 15 is 0 Å². The average Bonchev–Trinajstić information content (AvgIpc) is 2.47. The number of nitrogen functional groups attached to an aromatic ring is 1. The topological polar surface area (TPSA) is 73.6 Å². The molecule has 0 aliphatic rings. The molecule has 0 spiro atoms. The number of carbonyl (C=O) groups is 1. The quantitative estimate of drug-likeness (QED) is 0.801. The Morgan fingerprint density at radius 3 is 2.54 bits per heavy atom. The molecular formula is C18H21ClN2O3. The number of rotatable bonds is 5. The molecule has 1 amide bonds. The molecule has 0 saturated heterocycles. The maximum Gasteiger partial charge on any atom is 0.258 e. The predicted molar refractivity (Wildman–Crippen MR) is 95.8 cm³/mol. The van der Waals surface area contributed by atoms with Crippen LogP contribution in [0.4, 0.5) is 5.69 Å². The normalized spacial score (nSPS) is 11.0. The molecule has 2 rings (SSSR count). The fourth-order valence-corrected chi connectivity index (χ4v) is 2.19. The third kappa shape index (κ3) is 5.66. The highest BCUT2D eigenvalue weighted by Gasteiger charge is 2.14. The first-order valence-electron chi connectivity index (χ1n) is 7.50. The van der Waals surface area contributed by atoms with Crippen molar-refractivity contribution >= 4 is 23.2 Å². The Morgan fingerprint density at radius 2 is 1.88 bits per heavy atom. The molecule has 0 saturated carbocycles. The molecule has 5 nitrogen and oxygen atoms in total. The van der Waals surface area contributed by atoms with Crippen LogP contribution in [0, 0.1) is 0 Å². The van der Waals surface area contributed by atoms with Gasteiger partial charge in [-0.1, -0.05) is 17.7 Å². The second-order valence-electron chi connectivity index (χ2n) is 6.35. The maximum atomic E-state index is 11.8. The fraction of sp³-hybridized carbons (Fsp3) is 0.278. The van der Waals surface area contributed by atoms with Crippen molar-refractivity contribution in [3.05, 3.63) is 47.5 Å². The Kier molecular flexibility index (Phi) is 5.57. The standard InChI is InChI=1S/C18H21ClN2O3/c1-18(2,3)21-17(22)11-23-13-5-4-6-14(10-13)24-16-8-7-12(20)9-15(16)19/h4-10H,11,20H2,1-3H3,(H,21,22). The van der Waals surface area contributed by atoms with Gasteiger partial charge in [-0.3, -0.25) is 4.79 Å². The summed E-state index contributed by atoms with van der Waals surface area (Å²) in [4.78, 5) is 11.8. The molecular weight excluding hydrogens is 328 g/mol. The van der Waals surface area contributed by atoms with Crippen molar-refractivity contribution in [3.63, 3.8) is 0 Å². The minimum absolute atomic E-state index is 0.0661. The van der Waals surface area contributed by atoms with Crippen molar-refractivity contribution in [1.82, 2.24) is 5.32 Å². The van der Waals surface area contributed by atoms with E-state index in [0.29, 0.717) is 28.0 Å². The van der Waals surface area contributed by atoms with Crippen molar-refractivity contribution in [2.75, 3.05) is 12.3 Å². The fourth-order valence-electron chi connectivity index (χ4n) is 1.96. The van der Waals surface area contributed by atoms with Gasteiger partial charge in [0.25, 0.3) is 5.91 Å². The second kappa shape index (κ2) is 7.45. The van der Waals surface area contributed by atoms with Crippen molar-refractivity contribution in [2.24, 2.45) is 0 Å². The van der Waals surface area contributed by atoms with E-state index in [0.717, 1.165) is 0 Å². The lowest BCUT2D eigenvalue weighted by atomic mass is 10.1. The highest BCUT2D eigenvalue weighted by atomic mass is 35.5. The van der Waals surface area contributed by atoms with Gasteiger partial charge in [0.1, 0.15) is 17.2 Å². The van der Waals surface area contributed by atoms with E-state index in [1.807, 2.05) is 20.8 Å². The molecule has 0 aromatic heterocycles. The molecule has 0 unspecified atom stereocenters. The number of benzene rings is 2. The molecule has 6 heteroatoms. The van der Waals surface area contributed by atoms with E-state index < -0.39 is 0 Å². The molecule has 3 N–H and O–H groups in total. The van der Waals surface area contributed by atoms with E-state index in [-0.39, 0.29) is 18.1 Å². The first-order valence-corrected chi connectivity index (χ1v) is 7.87. The van der Waals surface area contributed by atoms with Crippen molar-refractivity contribution < 1.29 is 14.3 Å². The van der Waals surface area contributed by atoms with Crippen LogP contribution >= 0.6 is 11.6 Å². The SMILES string of the molecule is CC(C)(C)NC(=O)COc1cccc(Oc2ccc(N)cc2Cl)c1. The molecule has 24 heavy (non-hydrogen) atoms. The van der Waals surface area contributed by atoms with Crippen LogP contribution in [0.3, 0.4) is 0 Å². The lowest BCUT2D eigenvalue weighted by molar-refractivity contribution is -0.124. The maximum absolute atomic E-state index is 11.8. The van der Waals surface area contributed by atoms with Crippen LogP contribution in [0.25, 0.3) is 0 Å². The molecule has 0 atom stereocenters. The van der Waals surface area contributed by atoms with Crippen LogP contribution < -0.4 is 20.5 Å². The number of amides is 1. The molecule has 0 bridgehead atoms. The number of anilines is 1. The number of hydrogen-bond donors (Lipinski definition) is 2. The van der Waals surface area contributed by atoms with E-state index in [2.05, 4.69) is 5.32 Å². The average molecular weight is 349 g/mol. The van der Waals surface area contributed by atoms with Crippen LogP contribution in [-0.4, -0.2) is 18.1 Å².